The van der Waals surface area contributed by atoms with Gasteiger partial charge in [-0.2, -0.15) is 0 Å². The number of rotatable bonds is 4. The second-order valence-corrected chi connectivity index (χ2v) is 14.6. The Balaban J connectivity index is 1.86. The minimum Gasteiger partial charge on any atom is -0.341 e. The molecule has 34 heavy (non-hydrogen) atoms. The van der Waals surface area contributed by atoms with E-state index in [0.717, 1.165) is 25.3 Å². The molecular formula is C30H38N3P. The fourth-order valence-electron chi connectivity index (χ4n) is 5.77. The highest BCUT2D eigenvalue weighted by atomic mass is 31.2. The lowest BCUT2D eigenvalue weighted by molar-refractivity contribution is 0.538. The van der Waals surface area contributed by atoms with Crippen LogP contribution in [0.2, 0.25) is 0 Å². The maximum atomic E-state index is 5.76. The molecule has 0 saturated carbocycles. The van der Waals surface area contributed by atoms with Gasteiger partial charge in [-0.1, -0.05) is 45.0 Å². The van der Waals surface area contributed by atoms with Crippen LogP contribution in [0.5, 0.6) is 0 Å². The molecule has 0 N–H and O–H groups in total. The number of aromatic nitrogens is 1. The predicted molar refractivity (Wildman–Crippen MR) is 150 cm³/mol. The SMILES string of the molecule is CCn1c2ccccc2c2cc([P@](=Nc3ccc(C)c(C)c3)(N3CCCC3)C(C)(C)C)ccc21. The average Bonchev–Trinajstić information content (AvgIpc) is 3.45. The zero-order valence-electron chi connectivity index (χ0n) is 21.6. The van der Waals surface area contributed by atoms with Gasteiger partial charge in [0.15, 0.2) is 0 Å². The lowest BCUT2D eigenvalue weighted by Gasteiger charge is -2.44. The van der Waals surface area contributed by atoms with E-state index < -0.39 is 7.21 Å². The largest absolute Gasteiger partial charge is 0.341 e. The van der Waals surface area contributed by atoms with Crippen LogP contribution in [0.3, 0.4) is 0 Å². The van der Waals surface area contributed by atoms with Crippen LogP contribution >= 0.6 is 7.21 Å². The zero-order chi connectivity index (χ0) is 24.1. The van der Waals surface area contributed by atoms with Crippen LogP contribution in [0.4, 0.5) is 5.69 Å². The summed E-state index contributed by atoms with van der Waals surface area (Å²) in [4.78, 5) is 0. The third kappa shape index (κ3) is 3.65. The summed E-state index contributed by atoms with van der Waals surface area (Å²) in [6, 6.07) is 22.8. The Labute approximate surface area is 204 Å². The van der Waals surface area contributed by atoms with E-state index in [9.17, 15) is 0 Å². The minimum absolute atomic E-state index is 0.0208. The zero-order valence-corrected chi connectivity index (χ0v) is 22.5. The Bertz CT molecular complexity index is 1410. The van der Waals surface area contributed by atoms with Gasteiger partial charge >= 0.3 is 0 Å². The van der Waals surface area contributed by atoms with Crippen molar-refractivity contribution in [3.8, 4) is 0 Å². The first-order valence-corrected chi connectivity index (χ1v) is 14.4. The van der Waals surface area contributed by atoms with Gasteiger partial charge in [0.1, 0.15) is 0 Å². The van der Waals surface area contributed by atoms with Gasteiger partial charge in [-0.25, -0.2) is 4.74 Å². The first kappa shape index (κ1) is 23.4. The third-order valence-electron chi connectivity index (χ3n) is 7.61. The molecular weight excluding hydrogens is 433 g/mol. The van der Waals surface area contributed by atoms with Crippen molar-refractivity contribution in [2.75, 3.05) is 13.1 Å². The molecule has 0 amide bonds. The highest BCUT2D eigenvalue weighted by Gasteiger charge is 2.42. The second kappa shape index (κ2) is 8.70. The van der Waals surface area contributed by atoms with Gasteiger partial charge in [-0.3, -0.25) is 4.67 Å². The molecule has 4 aromatic rings. The van der Waals surface area contributed by atoms with Crippen LogP contribution in [0.1, 0.15) is 51.7 Å². The lowest BCUT2D eigenvalue weighted by atomic mass is 10.1. The fourth-order valence-corrected chi connectivity index (χ4v) is 10.2. The normalized spacial score (nSPS) is 16.9. The van der Waals surface area contributed by atoms with Crippen molar-refractivity contribution in [3.05, 3.63) is 71.8 Å². The van der Waals surface area contributed by atoms with Gasteiger partial charge in [0, 0.05) is 51.9 Å². The van der Waals surface area contributed by atoms with E-state index in [2.05, 4.69) is 111 Å². The van der Waals surface area contributed by atoms with Crippen molar-refractivity contribution in [1.82, 2.24) is 9.24 Å². The molecule has 3 nitrogen and oxygen atoms in total. The third-order valence-corrected chi connectivity index (χ3v) is 12.2. The molecule has 0 unspecified atom stereocenters. The molecule has 2 heterocycles. The van der Waals surface area contributed by atoms with E-state index in [1.54, 1.807) is 0 Å². The van der Waals surface area contributed by atoms with Crippen LogP contribution in [0, 0.1) is 13.8 Å². The summed E-state index contributed by atoms with van der Waals surface area (Å²) >= 11 is 0. The first-order valence-electron chi connectivity index (χ1n) is 12.7. The van der Waals surface area contributed by atoms with Gasteiger partial charge in [-0.15, -0.1) is 0 Å². The van der Waals surface area contributed by atoms with Crippen LogP contribution in [-0.4, -0.2) is 27.5 Å². The van der Waals surface area contributed by atoms with E-state index in [0.29, 0.717) is 0 Å². The topological polar surface area (TPSA) is 20.5 Å². The highest BCUT2D eigenvalue weighted by molar-refractivity contribution is 7.73. The Morgan fingerprint density at radius 1 is 0.824 bits per heavy atom. The maximum Gasteiger partial charge on any atom is 0.0720 e. The summed E-state index contributed by atoms with van der Waals surface area (Å²) in [5.41, 5.74) is 6.41. The highest BCUT2D eigenvalue weighted by Crippen LogP contribution is 2.65. The van der Waals surface area contributed by atoms with Crippen molar-refractivity contribution >= 4 is 40.0 Å². The standard InChI is InChI=1S/C30H38N3P/c1-7-33-28-13-9-8-12-26(28)27-21-25(16-17-29(27)33)34(30(4,5)6,32-18-10-11-19-32)31-24-15-14-22(2)23(3)20-24/h8-9,12-17,20-21H,7,10-11,18-19H2,1-6H3/t34-/m0/s1. The Hall–Kier alpha value is -2.35. The quantitative estimate of drug-likeness (QED) is 0.274. The summed E-state index contributed by atoms with van der Waals surface area (Å²) in [7, 11) is -2.07. The number of fused-ring (bicyclic) bond motifs is 3. The van der Waals surface area contributed by atoms with Crippen LogP contribution < -0.4 is 5.30 Å². The molecule has 1 saturated heterocycles. The number of nitrogens with zero attached hydrogens (tertiary/aromatic N) is 3. The average molecular weight is 472 g/mol. The molecule has 0 spiro atoms. The molecule has 1 aliphatic heterocycles. The van der Waals surface area contributed by atoms with Crippen LogP contribution in [0.15, 0.2) is 65.4 Å². The number of para-hydroxylation sites is 1. The number of hydrogen-bond donors (Lipinski definition) is 0. The number of aryl methyl sites for hydroxylation is 3. The molecule has 0 bridgehead atoms. The van der Waals surface area contributed by atoms with Gasteiger partial charge in [-0.05, 0) is 81.1 Å². The van der Waals surface area contributed by atoms with Gasteiger partial charge < -0.3 is 4.57 Å². The molecule has 1 aliphatic rings. The van der Waals surface area contributed by atoms with Crippen molar-refractivity contribution < 1.29 is 0 Å². The fraction of sp³-hybridized carbons (Fsp3) is 0.400. The van der Waals surface area contributed by atoms with Crippen LogP contribution in [0.25, 0.3) is 21.8 Å². The molecule has 3 aromatic carbocycles. The van der Waals surface area contributed by atoms with Gasteiger partial charge in [0.2, 0.25) is 0 Å². The predicted octanol–water partition coefficient (Wildman–Crippen LogP) is 8.40. The minimum atomic E-state index is -2.07. The van der Waals surface area contributed by atoms with Gasteiger partial charge in [0.05, 0.1) is 12.9 Å². The van der Waals surface area contributed by atoms with Crippen molar-refractivity contribution in [2.24, 2.45) is 4.74 Å². The molecule has 1 aromatic heterocycles. The summed E-state index contributed by atoms with van der Waals surface area (Å²) in [6.45, 7) is 17.1. The summed E-state index contributed by atoms with van der Waals surface area (Å²) in [5.74, 6) is 0. The molecule has 0 radical (unpaired) electrons. The molecule has 4 heteroatoms. The van der Waals surface area contributed by atoms with E-state index in [1.807, 2.05) is 0 Å². The monoisotopic (exact) mass is 471 g/mol. The molecule has 0 aliphatic carbocycles. The van der Waals surface area contributed by atoms with Crippen LogP contribution in [-0.2, 0) is 6.54 Å². The van der Waals surface area contributed by atoms with E-state index in [1.165, 1.54) is 51.1 Å². The van der Waals surface area contributed by atoms with Gasteiger partial charge in [0.25, 0.3) is 0 Å². The smallest absolute Gasteiger partial charge is 0.0720 e. The van der Waals surface area contributed by atoms with Crippen molar-refractivity contribution in [1.29, 1.82) is 0 Å². The molecule has 1 atom stereocenters. The molecule has 1 fully saturated rings. The maximum absolute atomic E-state index is 5.76. The van der Waals surface area contributed by atoms with Crippen molar-refractivity contribution in [3.63, 3.8) is 0 Å². The molecule has 178 valence electrons. The van der Waals surface area contributed by atoms with Crippen molar-refractivity contribution in [2.45, 2.75) is 66.1 Å². The first-order chi connectivity index (χ1) is 16.3. The van der Waals surface area contributed by atoms with E-state index >= 15 is 0 Å². The summed E-state index contributed by atoms with van der Waals surface area (Å²) < 4.78 is 11.0. The Morgan fingerprint density at radius 2 is 1.53 bits per heavy atom. The summed E-state index contributed by atoms with van der Waals surface area (Å²) in [6.07, 6.45) is 2.52. The molecule has 5 rings (SSSR count). The van der Waals surface area contributed by atoms with E-state index in [4.69, 9.17) is 4.74 Å². The second-order valence-electron chi connectivity index (χ2n) is 10.8. The number of hydrogen-bond acceptors (Lipinski definition) is 1. The summed E-state index contributed by atoms with van der Waals surface area (Å²) in [5, 5.41) is 4.14. The van der Waals surface area contributed by atoms with E-state index in [-0.39, 0.29) is 5.16 Å². The Morgan fingerprint density at radius 3 is 2.21 bits per heavy atom. The Kier molecular flexibility index (Phi) is 5.99. The lowest BCUT2D eigenvalue weighted by Crippen LogP contribution is -2.35. The number of benzene rings is 3.